The van der Waals surface area contributed by atoms with Crippen LogP contribution in [0.1, 0.15) is 39.7 Å². The summed E-state index contributed by atoms with van der Waals surface area (Å²) in [6.45, 7) is 7.49. The monoisotopic (exact) mass is 294 g/mol. The van der Waals surface area contributed by atoms with E-state index in [1.807, 2.05) is 0 Å². The summed E-state index contributed by atoms with van der Waals surface area (Å²) < 4.78 is 10.1. The van der Waals surface area contributed by atoms with E-state index in [0.717, 1.165) is 5.56 Å². The molecule has 0 fully saturated rings. The van der Waals surface area contributed by atoms with Crippen molar-refractivity contribution in [1.29, 1.82) is 0 Å². The first-order valence-corrected chi connectivity index (χ1v) is 6.90. The zero-order valence-electron chi connectivity index (χ0n) is 12.9. The number of nitrogens with one attached hydrogen (secondary N) is 1. The van der Waals surface area contributed by atoms with Crippen molar-refractivity contribution < 1.29 is 19.1 Å². The third-order valence-corrected chi connectivity index (χ3v) is 2.45. The fraction of sp³-hybridized carbons (Fsp3) is 0.533. The summed E-state index contributed by atoms with van der Waals surface area (Å²) in [6.07, 6.45) is 3.31. The zero-order valence-corrected chi connectivity index (χ0v) is 12.9. The van der Waals surface area contributed by atoms with Gasteiger partial charge in [0, 0.05) is 12.6 Å². The van der Waals surface area contributed by atoms with E-state index in [2.05, 4.69) is 10.3 Å². The third kappa shape index (κ3) is 6.74. The number of nitrogens with zero attached hydrogens (tertiary/aromatic N) is 1. The Bertz CT molecular complexity index is 495. The molecule has 1 amide bonds. The van der Waals surface area contributed by atoms with Crippen molar-refractivity contribution >= 4 is 17.7 Å². The van der Waals surface area contributed by atoms with Crippen LogP contribution in [-0.2, 0) is 20.7 Å². The number of hydrogen-bond acceptors (Lipinski definition) is 5. The molecule has 6 heteroatoms. The number of ether oxygens (including phenoxy) is 2. The van der Waals surface area contributed by atoms with E-state index in [9.17, 15) is 9.59 Å². The van der Waals surface area contributed by atoms with Crippen LogP contribution >= 0.6 is 0 Å². The van der Waals surface area contributed by atoms with E-state index in [0.29, 0.717) is 18.7 Å². The Morgan fingerprint density at radius 3 is 2.67 bits per heavy atom. The van der Waals surface area contributed by atoms with E-state index in [4.69, 9.17) is 9.47 Å². The fourth-order valence-corrected chi connectivity index (χ4v) is 1.64. The molecule has 1 N–H and O–H groups in total. The molecule has 1 aromatic rings. The Hall–Kier alpha value is -2.11. The van der Waals surface area contributed by atoms with Gasteiger partial charge in [-0.25, -0.2) is 4.79 Å². The molecule has 0 aliphatic carbocycles. The molecule has 1 rings (SSSR count). The molecule has 0 bridgehead atoms. The Labute approximate surface area is 124 Å². The number of pyridine rings is 1. The zero-order chi connectivity index (χ0) is 15.9. The van der Waals surface area contributed by atoms with Crippen LogP contribution in [0.15, 0.2) is 18.5 Å². The van der Waals surface area contributed by atoms with Gasteiger partial charge in [-0.05, 0) is 45.7 Å². The van der Waals surface area contributed by atoms with Crippen LogP contribution in [0.2, 0.25) is 0 Å². The molecule has 0 spiro atoms. The molecule has 0 atom stereocenters. The number of carbonyl (C=O) groups excluding carboxylic acids is 2. The maximum atomic E-state index is 11.8. The lowest BCUT2D eigenvalue weighted by molar-refractivity contribution is -0.143. The van der Waals surface area contributed by atoms with Crippen molar-refractivity contribution in [2.24, 2.45) is 0 Å². The largest absolute Gasteiger partial charge is 0.466 e. The van der Waals surface area contributed by atoms with Crippen LogP contribution < -0.4 is 5.32 Å². The lowest BCUT2D eigenvalue weighted by Gasteiger charge is -2.20. The minimum Gasteiger partial charge on any atom is -0.466 e. The van der Waals surface area contributed by atoms with Crippen molar-refractivity contribution in [2.45, 2.75) is 46.1 Å². The molecule has 0 saturated heterocycles. The number of rotatable bonds is 5. The van der Waals surface area contributed by atoms with E-state index in [1.165, 1.54) is 6.20 Å². The Morgan fingerprint density at radius 1 is 1.33 bits per heavy atom. The number of esters is 1. The Balaban J connectivity index is 2.66. The van der Waals surface area contributed by atoms with Gasteiger partial charge in [-0.15, -0.1) is 0 Å². The first-order valence-electron chi connectivity index (χ1n) is 6.90. The molecule has 0 aromatic carbocycles. The predicted octanol–water partition coefficient (Wildman–Crippen LogP) is 2.92. The molecule has 21 heavy (non-hydrogen) atoms. The number of aryl methyl sites for hydroxylation is 1. The summed E-state index contributed by atoms with van der Waals surface area (Å²) in [5.74, 6) is -0.266. The van der Waals surface area contributed by atoms with Crippen LogP contribution in [0.3, 0.4) is 0 Å². The maximum absolute atomic E-state index is 11.8. The summed E-state index contributed by atoms with van der Waals surface area (Å²) >= 11 is 0. The quantitative estimate of drug-likeness (QED) is 0.845. The van der Waals surface area contributed by atoms with Gasteiger partial charge in [0.15, 0.2) is 0 Å². The highest BCUT2D eigenvalue weighted by atomic mass is 16.6. The molecule has 0 saturated carbocycles. The van der Waals surface area contributed by atoms with Crippen molar-refractivity contribution in [2.75, 3.05) is 11.9 Å². The van der Waals surface area contributed by atoms with Gasteiger partial charge in [-0.1, -0.05) is 0 Å². The lowest BCUT2D eigenvalue weighted by atomic mass is 10.1. The van der Waals surface area contributed by atoms with Gasteiger partial charge in [0.25, 0.3) is 0 Å². The van der Waals surface area contributed by atoms with Gasteiger partial charge < -0.3 is 9.47 Å². The molecule has 0 aliphatic rings. The van der Waals surface area contributed by atoms with E-state index >= 15 is 0 Å². The second kappa shape index (κ2) is 7.61. The van der Waals surface area contributed by atoms with Crippen LogP contribution in [0, 0.1) is 0 Å². The first-order chi connectivity index (χ1) is 9.81. The average molecular weight is 294 g/mol. The van der Waals surface area contributed by atoms with Gasteiger partial charge in [0.2, 0.25) is 0 Å². The summed E-state index contributed by atoms with van der Waals surface area (Å²) in [6, 6.07) is 1.76. The maximum Gasteiger partial charge on any atom is 0.412 e. The molecule has 1 aromatic heterocycles. The average Bonchev–Trinajstić information content (AvgIpc) is 2.35. The van der Waals surface area contributed by atoms with Crippen molar-refractivity contribution in [3.8, 4) is 0 Å². The van der Waals surface area contributed by atoms with Gasteiger partial charge in [0.1, 0.15) is 5.60 Å². The second-order valence-corrected chi connectivity index (χ2v) is 5.46. The molecule has 6 nitrogen and oxygen atoms in total. The number of aromatic nitrogens is 1. The number of hydrogen-bond donors (Lipinski definition) is 1. The van der Waals surface area contributed by atoms with E-state index < -0.39 is 11.7 Å². The minimum atomic E-state index is -0.572. The van der Waals surface area contributed by atoms with Gasteiger partial charge in [0.05, 0.1) is 18.5 Å². The third-order valence-electron chi connectivity index (χ3n) is 2.45. The minimum absolute atomic E-state index is 0.251. The summed E-state index contributed by atoms with van der Waals surface area (Å²) in [7, 11) is 0. The van der Waals surface area contributed by atoms with Crippen LogP contribution in [0.5, 0.6) is 0 Å². The summed E-state index contributed by atoms with van der Waals surface area (Å²) in [4.78, 5) is 27.1. The lowest BCUT2D eigenvalue weighted by Crippen LogP contribution is -2.27. The summed E-state index contributed by atoms with van der Waals surface area (Å²) in [5, 5.41) is 2.65. The van der Waals surface area contributed by atoms with E-state index in [1.54, 1.807) is 40.0 Å². The van der Waals surface area contributed by atoms with E-state index in [-0.39, 0.29) is 12.4 Å². The second-order valence-electron chi connectivity index (χ2n) is 5.46. The van der Waals surface area contributed by atoms with Crippen molar-refractivity contribution in [3.05, 3.63) is 24.0 Å². The smallest absolute Gasteiger partial charge is 0.412 e. The van der Waals surface area contributed by atoms with Crippen LogP contribution in [0.4, 0.5) is 10.5 Å². The molecule has 116 valence electrons. The molecular weight excluding hydrogens is 272 g/mol. The Morgan fingerprint density at radius 2 is 2.05 bits per heavy atom. The topological polar surface area (TPSA) is 77.5 Å². The van der Waals surface area contributed by atoms with Gasteiger partial charge in [-0.3, -0.25) is 15.1 Å². The molecular formula is C15H22N2O4. The normalized spacial score (nSPS) is 10.9. The van der Waals surface area contributed by atoms with Crippen LogP contribution in [0.25, 0.3) is 0 Å². The number of amides is 1. The molecule has 0 unspecified atom stereocenters. The first kappa shape index (κ1) is 16.9. The SMILES string of the molecule is CCOC(=O)CCc1ccncc1NC(=O)OC(C)(C)C. The van der Waals surface area contributed by atoms with Crippen molar-refractivity contribution in [1.82, 2.24) is 4.98 Å². The standard InChI is InChI=1S/C15H22N2O4/c1-5-20-13(18)7-6-11-8-9-16-10-12(11)17-14(19)21-15(2,3)4/h8-10H,5-7H2,1-4H3,(H,17,19). The van der Waals surface area contributed by atoms with Crippen LogP contribution in [-0.4, -0.2) is 29.3 Å². The summed E-state index contributed by atoms with van der Waals surface area (Å²) in [5.41, 5.74) is 0.775. The highest BCUT2D eigenvalue weighted by Gasteiger charge is 2.17. The molecule has 1 heterocycles. The number of carbonyl (C=O) groups is 2. The fourth-order valence-electron chi connectivity index (χ4n) is 1.64. The molecule has 0 radical (unpaired) electrons. The highest BCUT2D eigenvalue weighted by molar-refractivity contribution is 5.85. The highest BCUT2D eigenvalue weighted by Crippen LogP contribution is 2.17. The van der Waals surface area contributed by atoms with Gasteiger partial charge >= 0.3 is 12.1 Å². The van der Waals surface area contributed by atoms with Gasteiger partial charge in [-0.2, -0.15) is 0 Å². The Kier molecular flexibility index (Phi) is 6.14. The number of anilines is 1. The van der Waals surface area contributed by atoms with Crippen molar-refractivity contribution in [3.63, 3.8) is 0 Å². The predicted molar refractivity (Wildman–Crippen MR) is 79.0 cm³/mol. The molecule has 0 aliphatic heterocycles.